The normalized spacial score (nSPS) is 21.6. The molecule has 1 fully saturated rings. The van der Waals surface area contributed by atoms with Crippen molar-refractivity contribution in [3.8, 4) is 0 Å². The highest BCUT2D eigenvalue weighted by atomic mass is 32.2. The summed E-state index contributed by atoms with van der Waals surface area (Å²) < 4.78 is 26.9. The van der Waals surface area contributed by atoms with E-state index in [1.54, 1.807) is 18.7 Å². The number of rotatable bonds is 3. The summed E-state index contributed by atoms with van der Waals surface area (Å²) in [7, 11) is -3.55. The first-order valence-electron chi connectivity index (χ1n) is 5.29. The molecule has 2 rings (SSSR count). The molecule has 1 aliphatic rings. The molecule has 0 radical (unpaired) electrons. The predicted octanol–water partition coefficient (Wildman–Crippen LogP) is 0.919. The first-order chi connectivity index (χ1) is 7.99. The predicted molar refractivity (Wildman–Crippen MR) is 70.3 cm³/mol. The molecule has 0 aliphatic carbocycles. The standard InChI is InChI=1S/C9H14N2O3S3/c1-6-8(16-9(12)10-6)17(13,14)11-7-3-2-4-15-5-7/h7,11H,2-5H2,1H3,(H,10,12). The Balaban J connectivity index is 2.18. The maximum Gasteiger partial charge on any atom is 0.305 e. The number of hydrogen-bond donors (Lipinski definition) is 2. The van der Waals surface area contributed by atoms with Crippen molar-refractivity contribution in [3.05, 3.63) is 15.4 Å². The van der Waals surface area contributed by atoms with Crippen LogP contribution in [0, 0.1) is 6.92 Å². The van der Waals surface area contributed by atoms with Gasteiger partial charge in [-0.05, 0) is 25.5 Å². The molecule has 2 heterocycles. The molecule has 0 spiro atoms. The molecular formula is C9H14N2O3S3. The fourth-order valence-corrected chi connectivity index (χ4v) is 5.52. The smallest absolute Gasteiger partial charge is 0.305 e. The Hall–Kier alpha value is -0.310. The monoisotopic (exact) mass is 294 g/mol. The van der Waals surface area contributed by atoms with Crippen LogP contribution < -0.4 is 9.60 Å². The van der Waals surface area contributed by atoms with Crippen LogP contribution in [0.5, 0.6) is 0 Å². The molecular weight excluding hydrogens is 280 g/mol. The number of thiazole rings is 1. The van der Waals surface area contributed by atoms with Crippen molar-refractivity contribution >= 4 is 33.1 Å². The van der Waals surface area contributed by atoms with E-state index in [4.69, 9.17) is 0 Å². The minimum Gasteiger partial charge on any atom is -0.315 e. The average Bonchev–Trinajstić information content (AvgIpc) is 2.59. The summed E-state index contributed by atoms with van der Waals surface area (Å²) in [5, 5.41) is 0. The Bertz CT molecular complexity index is 540. The molecule has 5 nitrogen and oxygen atoms in total. The highest BCUT2D eigenvalue weighted by molar-refractivity contribution is 7.99. The third-order valence-corrected chi connectivity index (χ3v) is 6.85. The molecule has 0 bridgehead atoms. The molecule has 17 heavy (non-hydrogen) atoms. The van der Waals surface area contributed by atoms with E-state index in [0.717, 1.165) is 35.7 Å². The second-order valence-electron chi connectivity index (χ2n) is 3.96. The summed E-state index contributed by atoms with van der Waals surface area (Å²) in [5.41, 5.74) is 0.413. The minimum atomic E-state index is -3.55. The number of aromatic nitrogens is 1. The SMILES string of the molecule is Cc1[nH]c(=O)sc1S(=O)(=O)NC1CCCSC1. The van der Waals surface area contributed by atoms with Gasteiger partial charge in [-0.25, -0.2) is 13.1 Å². The van der Waals surface area contributed by atoms with Crippen molar-refractivity contribution in [2.45, 2.75) is 30.0 Å². The summed E-state index contributed by atoms with van der Waals surface area (Å²) in [6.45, 7) is 1.60. The lowest BCUT2D eigenvalue weighted by molar-refractivity contribution is 0.544. The van der Waals surface area contributed by atoms with Gasteiger partial charge in [-0.3, -0.25) is 4.79 Å². The van der Waals surface area contributed by atoms with Crippen LogP contribution in [0.25, 0.3) is 0 Å². The molecule has 1 saturated heterocycles. The number of nitrogens with one attached hydrogen (secondary N) is 2. The third kappa shape index (κ3) is 3.12. The molecule has 96 valence electrons. The molecule has 8 heteroatoms. The van der Waals surface area contributed by atoms with Crippen LogP contribution in [0.1, 0.15) is 18.5 Å². The van der Waals surface area contributed by atoms with Gasteiger partial charge in [0.25, 0.3) is 10.0 Å². The molecule has 1 aromatic heterocycles. The maximum absolute atomic E-state index is 12.1. The number of aromatic amines is 1. The lowest BCUT2D eigenvalue weighted by Gasteiger charge is -2.21. The van der Waals surface area contributed by atoms with Crippen LogP contribution in [0.3, 0.4) is 0 Å². The zero-order valence-electron chi connectivity index (χ0n) is 9.36. The quantitative estimate of drug-likeness (QED) is 0.869. The van der Waals surface area contributed by atoms with Crippen molar-refractivity contribution in [1.82, 2.24) is 9.71 Å². The van der Waals surface area contributed by atoms with Crippen molar-refractivity contribution in [1.29, 1.82) is 0 Å². The maximum atomic E-state index is 12.1. The Labute approximate surface area is 108 Å². The van der Waals surface area contributed by atoms with Gasteiger partial charge in [-0.1, -0.05) is 11.3 Å². The second kappa shape index (κ2) is 5.13. The van der Waals surface area contributed by atoms with E-state index < -0.39 is 10.0 Å². The largest absolute Gasteiger partial charge is 0.315 e. The zero-order valence-corrected chi connectivity index (χ0v) is 11.8. The van der Waals surface area contributed by atoms with Gasteiger partial charge in [0.2, 0.25) is 0 Å². The van der Waals surface area contributed by atoms with Gasteiger partial charge in [0.05, 0.1) is 0 Å². The van der Waals surface area contributed by atoms with Crippen LogP contribution in [0.15, 0.2) is 9.00 Å². The van der Waals surface area contributed by atoms with Crippen molar-refractivity contribution in [2.75, 3.05) is 11.5 Å². The van der Waals surface area contributed by atoms with Crippen LogP contribution in [0.4, 0.5) is 0 Å². The molecule has 0 aromatic carbocycles. The van der Waals surface area contributed by atoms with E-state index in [1.807, 2.05) is 0 Å². The molecule has 1 aromatic rings. The van der Waals surface area contributed by atoms with E-state index in [2.05, 4.69) is 9.71 Å². The molecule has 1 unspecified atom stereocenters. The van der Waals surface area contributed by atoms with Crippen LogP contribution in [-0.4, -0.2) is 30.9 Å². The van der Waals surface area contributed by atoms with Gasteiger partial charge in [-0.15, -0.1) is 0 Å². The van der Waals surface area contributed by atoms with Crippen LogP contribution in [-0.2, 0) is 10.0 Å². The highest BCUT2D eigenvalue weighted by Gasteiger charge is 2.25. The summed E-state index contributed by atoms with van der Waals surface area (Å²) in [5.74, 6) is 1.90. The van der Waals surface area contributed by atoms with Crippen molar-refractivity contribution < 1.29 is 8.42 Å². The van der Waals surface area contributed by atoms with E-state index in [0.29, 0.717) is 5.69 Å². The summed E-state index contributed by atoms with van der Waals surface area (Å²) >= 11 is 2.50. The number of hydrogen-bond acceptors (Lipinski definition) is 5. The fraction of sp³-hybridized carbons (Fsp3) is 0.667. The third-order valence-electron chi connectivity index (χ3n) is 2.51. The number of sulfonamides is 1. The van der Waals surface area contributed by atoms with Gasteiger partial charge < -0.3 is 4.98 Å². The molecule has 1 aliphatic heterocycles. The van der Waals surface area contributed by atoms with Crippen LogP contribution >= 0.6 is 23.1 Å². The van der Waals surface area contributed by atoms with Crippen LogP contribution in [0.2, 0.25) is 0 Å². The van der Waals surface area contributed by atoms with Gasteiger partial charge in [-0.2, -0.15) is 11.8 Å². The molecule has 0 amide bonds. The number of thioether (sulfide) groups is 1. The molecule has 0 saturated carbocycles. The Kier molecular flexibility index (Phi) is 3.96. The van der Waals surface area contributed by atoms with E-state index in [1.165, 1.54) is 0 Å². The van der Waals surface area contributed by atoms with Crippen molar-refractivity contribution in [2.24, 2.45) is 0 Å². The number of H-pyrrole nitrogens is 1. The first-order valence-corrected chi connectivity index (χ1v) is 8.74. The van der Waals surface area contributed by atoms with E-state index in [9.17, 15) is 13.2 Å². The second-order valence-corrected chi connectivity index (χ2v) is 8.00. The number of aryl methyl sites for hydroxylation is 1. The summed E-state index contributed by atoms with van der Waals surface area (Å²) in [4.78, 5) is 13.3. The topological polar surface area (TPSA) is 79.0 Å². The lowest BCUT2D eigenvalue weighted by Crippen LogP contribution is -2.38. The van der Waals surface area contributed by atoms with E-state index >= 15 is 0 Å². The van der Waals surface area contributed by atoms with Gasteiger partial charge in [0, 0.05) is 17.5 Å². The highest BCUT2D eigenvalue weighted by Crippen LogP contribution is 2.21. The zero-order chi connectivity index (χ0) is 12.5. The first kappa shape index (κ1) is 13.1. The lowest BCUT2D eigenvalue weighted by atomic mass is 10.2. The van der Waals surface area contributed by atoms with Gasteiger partial charge in [0.15, 0.2) is 4.21 Å². The van der Waals surface area contributed by atoms with Crippen molar-refractivity contribution in [3.63, 3.8) is 0 Å². The fourth-order valence-electron chi connectivity index (χ4n) is 1.75. The van der Waals surface area contributed by atoms with Gasteiger partial charge >= 0.3 is 4.87 Å². The summed E-state index contributed by atoms with van der Waals surface area (Å²) in [6.07, 6.45) is 1.89. The minimum absolute atomic E-state index is 0.0182. The average molecular weight is 294 g/mol. The summed E-state index contributed by atoms with van der Waals surface area (Å²) in [6, 6.07) is -0.0182. The Morgan fingerprint density at radius 3 is 2.76 bits per heavy atom. The van der Waals surface area contributed by atoms with E-state index in [-0.39, 0.29) is 15.1 Å². The van der Waals surface area contributed by atoms with Gasteiger partial charge in [0.1, 0.15) is 0 Å². The Morgan fingerprint density at radius 2 is 2.24 bits per heavy atom. The Morgan fingerprint density at radius 1 is 1.47 bits per heavy atom. The molecule has 2 N–H and O–H groups in total. The molecule has 1 atom stereocenters.